The Morgan fingerprint density at radius 3 is 2.29 bits per heavy atom. The minimum absolute atomic E-state index is 0.317. The first-order chi connectivity index (χ1) is 9.99. The Hall–Kier alpha value is -1.26. The molecule has 0 heterocycles. The molecular weight excluding hydrogens is 264 g/mol. The second-order valence-corrected chi connectivity index (χ2v) is 5.98. The Kier molecular flexibility index (Phi) is 7.54. The van der Waals surface area contributed by atoms with Crippen LogP contribution in [0.4, 0.5) is 0 Å². The smallest absolute Gasteiger partial charge is 0.161 e. The lowest BCUT2D eigenvalue weighted by atomic mass is 10.0. The zero-order valence-electron chi connectivity index (χ0n) is 14.3. The predicted molar refractivity (Wildman–Crippen MR) is 88.3 cm³/mol. The molecule has 0 aliphatic carbocycles. The number of methoxy groups -OCH3 is 2. The van der Waals surface area contributed by atoms with Gasteiger partial charge in [0, 0.05) is 12.6 Å². The highest BCUT2D eigenvalue weighted by Gasteiger charge is 2.16. The molecule has 1 rings (SSSR count). The SMILES string of the molecule is COc1ccc(C(CNCCC(C)C)N(C)C)cc1OC. The number of nitrogens with zero attached hydrogens (tertiary/aromatic N) is 1. The molecule has 0 saturated carbocycles. The van der Waals surface area contributed by atoms with Gasteiger partial charge in [0.25, 0.3) is 0 Å². The van der Waals surface area contributed by atoms with Crippen LogP contribution in [-0.4, -0.2) is 46.3 Å². The predicted octanol–water partition coefficient (Wildman–Crippen LogP) is 2.94. The Morgan fingerprint density at radius 1 is 1.10 bits per heavy atom. The average Bonchev–Trinajstić information content (AvgIpc) is 2.45. The van der Waals surface area contributed by atoms with Crippen LogP contribution in [0.3, 0.4) is 0 Å². The Morgan fingerprint density at radius 2 is 1.76 bits per heavy atom. The summed E-state index contributed by atoms with van der Waals surface area (Å²) in [6.45, 7) is 6.48. The van der Waals surface area contributed by atoms with E-state index in [0.717, 1.165) is 30.5 Å². The lowest BCUT2D eigenvalue weighted by Gasteiger charge is -2.26. The second-order valence-electron chi connectivity index (χ2n) is 5.98. The highest BCUT2D eigenvalue weighted by molar-refractivity contribution is 5.43. The second kappa shape index (κ2) is 8.90. The highest BCUT2D eigenvalue weighted by Crippen LogP contribution is 2.31. The third-order valence-corrected chi connectivity index (χ3v) is 3.65. The molecular formula is C17H30N2O2. The molecule has 0 fully saturated rings. The maximum absolute atomic E-state index is 5.40. The minimum Gasteiger partial charge on any atom is -0.493 e. The monoisotopic (exact) mass is 294 g/mol. The van der Waals surface area contributed by atoms with Gasteiger partial charge in [-0.1, -0.05) is 19.9 Å². The van der Waals surface area contributed by atoms with E-state index in [4.69, 9.17) is 9.47 Å². The van der Waals surface area contributed by atoms with E-state index in [2.05, 4.69) is 50.3 Å². The van der Waals surface area contributed by atoms with Gasteiger partial charge in [-0.05, 0) is 50.7 Å². The third kappa shape index (κ3) is 5.56. The molecule has 1 aromatic carbocycles. The quantitative estimate of drug-likeness (QED) is 0.710. The van der Waals surface area contributed by atoms with E-state index in [1.807, 2.05) is 6.07 Å². The van der Waals surface area contributed by atoms with Crippen molar-refractivity contribution in [3.05, 3.63) is 23.8 Å². The van der Waals surface area contributed by atoms with Gasteiger partial charge in [0.1, 0.15) is 0 Å². The first kappa shape index (κ1) is 17.8. The summed E-state index contributed by atoms with van der Waals surface area (Å²) in [5.74, 6) is 2.28. The third-order valence-electron chi connectivity index (χ3n) is 3.65. The summed E-state index contributed by atoms with van der Waals surface area (Å²) in [5, 5.41) is 3.55. The number of hydrogen-bond acceptors (Lipinski definition) is 4. The van der Waals surface area contributed by atoms with E-state index in [0.29, 0.717) is 6.04 Å². The summed E-state index contributed by atoms with van der Waals surface area (Å²) in [7, 11) is 7.54. The van der Waals surface area contributed by atoms with Crippen molar-refractivity contribution in [2.75, 3.05) is 41.4 Å². The van der Waals surface area contributed by atoms with E-state index in [-0.39, 0.29) is 0 Å². The van der Waals surface area contributed by atoms with Gasteiger partial charge in [0.2, 0.25) is 0 Å². The fourth-order valence-electron chi connectivity index (χ4n) is 2.29. The summed E-state index contributed by atoms with van der Waals surface area (Å²) in [6.07, 6.45) is 1.20. The van der Waals surface area contributed by atoms with Crippen molar-refractivity contribution < 1.29 is 9.47 Å². The zero-order valence-corrected chi connectivity index (χ0v) is 14.3. The van der Waals surface area contributed by atoms with Crippen LogP contribution in [-0.2, 0) is 0 Å². The van der Waals surface area contributed by atoms with Crippen LogP contribution in [0.25, 0.3) is 0 Å². The molecule has 0 amide bonds. The molecule has 120 valence electrons. The maximum atomic E-state index is 5.40. The first-order valence-electron chi connectivity index (χ1n) is 7.58. The minimum atomic E-state index is 0.317. The number of likely N-dealkylation sites (N-methyl/N-ethyl adjacent to an activating group) is 1. The van der Waals surface area contributed by atoms with Crippen LogP contribution in [0.1, 0.15) is 31.9 Å². The van der Waals surface area contributed by atoms with Gasteiger partial charge >= 0.3 is 0 Å². The Balaban J connectivity index is 2.76. The molecule has 4 nitrogen and oxygen atoms in total. The molecule has 0 saturated heterocycles. The van der Waals surface area contributed by atoms with Gasteiger partial charge in [0.15, 0.2) is 11.5 Å². The first-order valence-corrected chi connectivity index (χ1v) is 7.58. The molecule has 1 N–H and O–H groups in total. The van der Waals surface area contributed by atoms with Gasteiger partial charge in [-0.15, -0.1) is 0 Å². The van der Waals surface area contributed by atoms with E-state index in [1.54, 1.807) is 14.2 Å². The van der Waals surface area contributed by atoms with Gasteiger partial charge in [-0.25, -0.2) is 0 Å². The van der Waals surface area contributed by atoms with E-state index >= 15 is 0 Å². The van der Waals surface area contributed by atoms with Crippen molar-refractivity contribution in [1.29, 1.82) is 0 Å². The maximum Gasteiger partial charge on any atom is 0.161 e. The van der Waals surface area contributed by atoms with Crippen LogP contribution in [0.2, 0.25) is 0 Å². The topological polar surface area (TPSA) is 33.7 Å². The summed E-state index contributed by atoms with van der Waals surface area (Å²) >= 11 is 0. The number of ether oxygens (including phenoxy) is 2. The van der Waals surface area contributed by atoms with E-state index < -0.39 is 0 Å². The highest BCUT2D eigenvalue weighted by atomic mass is 16.5. The van der Waals surface area contributed by atoms with Crippen LogP contribution in [0, 0.1) is 5.92 Å². The molecule has 1 unspecified atom stereocenters. The molecule has 0 spiro atoms. The van der Waals surface area contributed by atoms with Gasteiger partial charge < -0.3 is 19.7 Å². The summed E-state index contributed by atoms with van der Waals surface area (Å²) in [5.41, 5.74) is 1.23. The van der Waals surface area contributed by atoms with Crippen molar-refractivity contribution in [1.82, 2.24) is 10.2 Å². The Bertz CT molecular complexity index is 419. The van der Waals surface area contributed by atoms with Gasteiger partial charge in [-0.3, -0.25) is 0 Å². The molecule has 0 aliphatic rings. The lowest BCUT2D eigenvalue weighted by Crippen LogP contribution is -2.31. The lowest BCUT2D eigenvalue weighted by molar-refractivity contribution is 0.285. The van der Waals surface area contributed by atoms with Crippen LogP contribution in [0.15, 0.2) is 18.2 Å². The van der Waals surface area contributed by atoms with Crippen molar-refractivity contribution in [3.63, 3.8) is 0 Å². The standard InChI is InChI=1S/C17H30N2O2/c1-13(2)9-10-18-12-15(19(3)4)14-7-8-16(20-5)17(11-14)21-6/h7-8,11,13,15,18H,9-10,12H2,1-6H3. The molecule has 0 aliphatic heterocycles. The largest absolute Gasteiger partial charge is 0.493 e. The van der Waals surface area contributed by atoms with Gasteiger partial charge in [0.05, 0.1) is 14.2 Å². The molecule has 0 radical (unpaired) electrons. The van der Waals surface area contributed by atoms with Crippen LogP contribution in [0.5, 0.6) is 11.5 Å². The fraction of sp³-hybridized carbons (Fsp3) is 0.647. The van der Waals surface area contributed by atoms with E-state index in [9.17, 15) is 0 Å². The van der Waals surface area contributed by atoms with Crippen molar-refractivity contribution >= 4 is 0 Å². The normalized spacial score (nSPS) is 12.8. The number of nitrogens with one attached hydrogen (secondary N) is 1. The summed E-state index contributed by atoms with van der Waals surface area (Å²) in [4.78, 5) is 2.23. The molecule has 0 aromatic heterocycles. The summed E-state index contributed by atoms with van der Waals surface area (Å²) < 4.78 is 10.7. The molecule has 21 heavy (non-hydrogen) atoms. The van der Waals surface area contributed by atoms with Crippen LogP contribution >= 0.6 is 0 Å². The van der Waals surface area contributed by atoms with Crippen molar-refractivity contribution in [2.24, 2.45) is 5.92 Å². The fourth-order valence-corrected chi connectivity index (χ4v) is 2.29. The molecule has 0 bridgehead atoms. The van der Waals surface area contributed by atoms with Crippen molar-refractivity contribution in [3.8, 4) is 11.5 Å². The summed E-state index contributed by atoms with van der Waals surface area (Å²) in [6, 6.07) is 6.46. The van der Waals surface area contributed by atoms with Gasteiger partial charge in [-0.2, -0.15) is 0 Å². The zero-order chi connectivity index (χ0) is 15.8. The number of benzene rings is 1. The number of rotatable bonds is 9. The van der Waals surface area contributed by atoms with E-state index in [1.165, 1.54) is 12.0 Å². The molecule has 1 atom stereocenters. The average molecular weight is 294 g/mol. The molecule has 4 heteroatoms. The molecule has 1 aromatic rings. The Labute approximate surface area is 129 Å². The number of hydrogen-bond donors (Lipinski definition) is 1. The van der Waals surface area contributed by atoms with Crippen LogP contribution < -0.4 is 14.8 Å². The van der Waals surface area contributed by atoms with Crippen molar-refractivity contribution in [2.45, 2.75) is 26.3 Å².